The summed E-state index contributed by atoms with van der Waals surface area (Å²) in [6, 6.07) is 8.65. The van der Waals surface area contributed by atoms with Crippen LogP contribution in [0.15, 0.2) is 24.3 Å². The molecule has 1 saturated carbocycles. The number of benzene rings is 1. The minimum absolute atomic E-state index is 0.0973. The van der Waals surface area contributed by atoms with E-state index in [1.807, 2.05) is 24.3 Å². The fraction of sp³-hybridized carbons (Fsp3) is 0.625. The topological polar surface area (TPSA) is 32.7 Å². The number of hydrogen-bond acceptors (Lipinski definition) is 3. The van der Waals surface area contributed by atoms with Gasteiger partial charge in [-0.3, -0.25) is 0 Å². The molecule has 0 radical (unpaired) electrons. The first kappa shape index (κ1) is 12.9. The highest BCUT2D eigenvalue weighted by atomic mass is 16.5. The Labute approximate surface area is 115 Å². The number of likely N-dealkylation sites (tertiary alicyclic amines) is 1. The van der Waals surface area contributed by atoms with Crippen LogP contribution in [0.5, 0.6) is 5.75 Å². The van der Waals surface area contributed by atoms with Crippen LogP contribution in [0, 0.1) is 0 Å². The van der Waals surface area contributed by atoms with Crippen molar-refractivity contribution in [1.82, 2.24) is 4.90 Å². The van der Waals surface area contributed by atoms with Gasteiger partial charge in [0.05, 0.1) is 6.61 Å². The van der Waals surface area contributed by atoms with E-state index in [0.29, 0.717) is 6.10 Å². The molecule has 0 atom stereocenters. The lowest BCUT2D eigenvalue weighted by molar-refractivity contribution is 0.0493. The summed E-state index contributed by atoms with van der Waals surface area (Å²) in [5, 5.41) is 9.01. The van der Waals surface area contributed by atoms with E-state index in [2.05, 4.69) is 4.90 Å². The van der Waals surface area contributed by atoms with E-state index in [1.165, 1.54) is 32.4 Å². The first-order valence-electron chi connectivity index (χ1n) is 7.45. The number of aliphatic hydroxyl groups is 1. The second-order valence-electron chi connectivity index (χ2n) is 5.74. The number of ether oxygens (including phenoxy) is 1. The van der Waals surface area contributed by atoms with Gasteiger partial charge in [0.15, 0.2) is 0 Å². The van der Waals surface area contributed by atoms with Gasteiger partial charge >= 0.3 is 0 Å². The van der Waals surface area contributed by atoms with Gasteiger partial charge in [0, 0.05) is 19.1 Å². The van der Waals surface area contributed by atoms with Crippen molar-refractivity contribution in [2.45, 2.75) is 50.9 Å². The second kappa shape index (κ2) is 5.93. The predicted octanol–water partition coefficient (Wildman–Crippen LogP) is 2.57. The number of rotatable bonds is 4. The van der Waals surface area contributed by atoms with Gasteiger partial charge in [0.2, 0.25) is 0 Å². The average molecular weight is 261 g/mol. The molecule has 0 bridgehead atoms. The van der Waals surface area contributed by atoms with E-state index in [0.717, 1.165) is 30.2 Å². The molecule has 0 aromatic heterocycles. The predicted molar refractivity (Wildman–Crippen MR) is 75.2 cm³/mol. The van der Waals surface area contributed by atoms with Crippen LogP contribution < -0.4 is 4.74 Å². The first-order valence-corrected chi connectivity index (χ1v) is 7.45. The minimum atomic E-state index is 0.0973. The number of aliphatic hydroxyl groups excluding tert-OH is 1. The van der Waals surface area contributed by atoms with Crippen LogP contribution in [0.25, 0.3) is 0 Å². The zero-order valence-electron chi connectivity index (χ0n) is 11.4. The van der Waals surface area contributed by atoms with Gasteiger partial charge in [0.25, 0.3) is 0 Å². The highest BCUT2D eigenvalue weighted by Crippen LogP contribution is 2.28. The Morgan fingerprint density at radius 3 is 2.26 bits per heavy atom. The summed E-state index contributed by atoms with van der Waals surface area (Å²) in [4.78, 5) is 2.64. The molecule has 3 heteroatoms. The maximum absolute atomic E-state index is 9.01. The molecule has 0 spiro atoms. The van der Waals surface area contributed by atoms with E-state index in [9.17, 15) is 0 Å². The Morgan fingerprint density at radius 1 is 1.05 bits per heavy atom. The molecular weight excluding hydrogens is 238 g/mol. The lowest BCUT2D eigenvalue weighted by Crippen LogP contribution is -2.46. The molecule has 1 aliphatic carbocycles. The highest BCUT2D eigenvalue weighted by Gasteiger charge is 2.29. The quantitative estimate of drug-likeness (QED) is 0.904. The van der Waals surface area contributed by atoms with Crippen LogP contribution in [0.2, 0.25) is 0 Å². The fourth-order valence-corrected chi connectivity index (χ4v) is 2.98. The van der Waals surface area contributed by atoms with Crippen LogP contribution in [0.3, 0.4) is 0 Å². The lowest BCUT2D eigenvalue weighted by atomic mass is 9.90. The third-order valence-electron chi connectivity index (χ3n) is 4.48. The molecule has 1 N–H and O–H groups in total. The molecule has 1 heterocycles. The van der Waals surface area contributed by atoms with Crippen molar-refractivity contribution in [2.24, 2.45) is 0 Å². The third kappa shape index (κ3) is 3.10. The van der Waals surface area contributed by atoms with E-state index < -0.39 is 0 Å². The number of nitrogens with zero attached hydrogens (tertiary/aromatic N) is 1. The summed E-state index contributed by atoms with van der Waals surface area (Å²) in [5.74, 6) is 0.930. The molecule has 2 aliphatic rings. The molecule has 19 heavy (non-hydrogen) atoms. The fourth-order valence-electron chi connectivity index (χ4n) is 2.98. The molecule has 1 aromatic rings. The van der Waals surface area contributed by atoms with Gasteiger partial charge in [-0.15, -0.1) is 0 Å². The molecule has 0 unspecified atom stereocenters. The number of piperidine rings is 1. The summed E-state index contributed by atoms with van der Waals surface area (Å²) in [5.41, 5.74) is 0.937. The van der Waals surface area contributed by atoms with Crippen molar-refractivity contribution in [3.8, 4) is 5.75 Å². The van der Waals surface area contributed by atoms with Crippen molar-refractivity contribution in [2.75, 3.05) is 13.1 Å². The third-order valence-corrected chi connectivity index (χ3v) is 4.48. The first-order chi connectivity index (χ1) is 9.35. The smallest absolute Gasteiger partial charge is 0.119 e. The number of hydrogen-bond donors (Lipinski definition) is 1. The second-order valence-corrected chi connectivity index (χ2v) is 5.74. The van der Waals surface area contributed by atoms with Crippen molar-refractivity contribution >= 4 is 0 Å². The van der Waals surface area contributed by atoms with E-state index in [4.69, 9.17) is 9.84 Å². The molecular formula is C16H23NO2. The van der Waals surface area contributed by atoms with Crippen molar-refractivity contribution in [1.29, 1.82) is 0 Å². The highest BCUT2D eigenvalue weighted by molar-refractivity contribution is 5.27. The molecule has 1 saturated heterocycles. The largest absolute Gasteiger partial charge is 0.490 e. The van der Waals surface area contributed by atoms with Crippen LogP contribution in [-0.2, 0) is 6.61 Å². The van der Waals surface area contributed by atoms with Crippen molar-refractivity contribution < 1.29 is 9.84 Å². The Morgan fingerprint density at radius 2 is 1.74 bits per heavy atom. The molecule has 104 valence electrons. The Bertz CT molecular complexity index is 392. The van der Waals surface area contributed by atoms with Crippen LogP contribution in [0.1, 0.15) is 37.7 Å². The Balaban J connectivity index is 1.48. The maximum atomic E-state index is 9.01. The lowest BCUT2D eigenvalue weighted by Gasteiger charge is -2.41. The van der Waals surface area contributed by atoms with Crippen molar-refractivity contribution in [3.05, 3.63) is 29.8 Å². The summed E-state index contributed by atoms with van der Waals surface area (Å²) in [6.07, 6.45) is 6.84. The molecule has 3 nitrogen and oxygen atoms in total. The molecule has 3 rings (SSSR count). The van der Waals surface area contributed by atoms with Gasteiger partial charge in [-0.05, 0) is 43.4 Å². The monoisotopic (exact) mass is 261 g/mol. The van der Waals surface area contributed by atoms with E-state index >= 15 is 0 Å². The van der Waals surface area contributed by atoms with Gasteiger partial charge in [-0.2, -0.15) is 0 Å². The van der Waals surface area contributed by atoms with E-state index in [-0.39, 0.29) is 6.61 Å². The summed E-state index contributed by atoms with van der Waals surface area (Å²) in [7, 11) is 0. The van der Waals surface area contributed by atoms with Gasteiger partial charge in [-0.1, -0.05) is 18.6 Å². The Hall–Kier alpha value is -1.06. The van der Waals surface area contributed by atoms with Crippen LogP contribution in [-0.4, -0.2) is 35.2 Å². The summed E-state index contributed by atoms with van der Waals surface area (Å²) in [6.45, 7) is 2.47. The minimum Gasteiger partial charge on any atom is -0.490 e. The Kier molecular flexibility index (Phi) is 4.04. The molecule has 0 amide bonds. The summed E-state index contributed by atoms with van der Waals surface area (Å²) < 4.78 is 6.03. The normalized spacial score (nSPS) is 22.2. The van der Waals surface area contributed by atoms with Crippen LogP contribution >= 0.6 is 0 Å². The zero-order valence-corrected chi connectivity index (χ0v) is 11.4. The van der Waals surface area contributed by atoms with Gasteiger partial charge in [-0.25, -0.2) is 0 Å². The standard InChI is InChI=1S/C16H23NO2/c18-12-13-4-6-15(7-5-13)19-16-8-10-17(11-9-16)14-2-1-3-14/h4-7,14,16,18H,1-3,8-12H2. The van der Waals surface area contributed by atoms with Gasteiger partial charge in [0.1, 0.15) is 11.9 Å². The van der Waals surface area contributed by atoms with Gasteiger partial charge < -0.3 is 14.7 Å². The SMILES string of the molecule is OCc1ccc(OC2CCN(C3CCC3)CC2)cc1. The maximum Gasteiger partial charge on any atom is 0.119 e. The summed E-state index contributed by atoms with van der Waals surface area (Å²) >= 11 is 0. The van der Waals surface area contributed by atoms with E-state index in [1.54, 1.807) is 0 Å². The average Bonchev–Trinajstić information content (AvgIpc) is 2.40. The van der Waals surface area contributed by atoms with Crippen LogP contribution in [0.4, 0.5) is 0 Å². The molecule has 2 fully saturated rings. The molecule has 1 aliphatic heterocycles. The molecule has 1 aromatic carbocycles. The zero-order chi connectivity index (χ0) is 13.1. The van der Waals surface area contributed by atoms with Crippen molar-refractivity contribution in [3.63, 3.8) is 0 Å².